The molecule has 22 heavy (non-hydrogen) atoms. The van der Waals surface area contributed by atoms with Crippen LogP contribution < -0.4 is 0 Å². The van der Waals surface area contributed by atoms with Gasteiger partial charge in [0.25, 0.3) is 5.91 Å². The van der Waals surface area contributed by atoms with E-state index in [2.05, 4.69) is 0 Å². The highest BCUT2D eigenvalue weighted by Crippen LogP contribution is 2.35. The molecule has 1 aliphatic heterocycles. The van der Waals surface area contributed by atoms with Gasteiger partial charge in [0.1, 0.15) is 11.3 Å². The van der Waals surface area contributed by atoms with Gasteiger partial charge in [-0.3, -0.25) is 4.79 Å². The topological polar surface area (TPSA) is 70.8 Å². The molecule has 0 aromatic carbocycles. The van der Waals surface area contributed by atoms with Gasteiger partial charge >= 0.3 is 5.97 Å². The Bertz CT molecular complexity index is 689. The molecule has 1 fully saturated rings. The van der Waals surface area contributed by atoms with E-state index < -0.39 is 5.97 Å². The first kappa shape index (κ1) is 14.8. The highest BCUT2D eigenvalue weighted by molar-refractivity contribution is 7.10. The molecule has 0 radical (unpaired) electrons. The van der Waals surface area contributed by atoms with Crippen LogP contribution in [0.2, 0.25) is 0 Å². The van der Waals surface area contributed by atoms with Crippen molar-refractivity contribution in [2.45, 2.75) is 32.2 Å². The van der Waals surface area contributed by atoms with E-state index in [4.69, 9.17) is 4.42 Å². The summed E-state index contributed by atoms with van der Waals surface area (Å²) in [6.07, 6.45) is 2.32. The van der Waals surface area contributed by atoms with E-state index in [9.17, 15) is 14.7 Å². The lowest BCUT2D eigenvalue weighted by Crippen LogP contribution is -2.29. The molecule has 1 aliphatic rings. The van der Waals surface area contributed by atoms with E-state index in [0.717, 1.165) is 17.7 Å². The number of aromatic carboxylic acids is 1. The normalized spacial score (nSPS) is 17.9. The number of thiophene rings is 1. The largest absolute Gasteiger partial charge is 0.478 e. The maximum Gasteiger partial charge on any atom is 0.339 e. The Kier molecular flexibility index (Phi) is 4.02. The molecular formula is C16H17NO4S. The van der Waals surface area contributed by atoms with E-state index in [-0.39, 0.29) is 23.3 Å². The van der Waals surface area contributed by atoms with Crippen LogP contribution in [0.5, 0.6) is 0 Å². The molecule has 1 saturated heterocycles. The van der Waals surface area contributed by atoms with Gasteiger partial charge < -0.3 is 14.4 Å². The third-order valence-electron chi connectivity index (χ3n) is 3.96. The van der Waals surface area contributed by atoms with Crippen LogP contribution in [-0.4, -0.2) is 28.4 Å². The number of carboxylic acids is 1. The van der Waals surface area contributed by atoms with Gasteiger partial charge in [-0.1, -0.05) is 13.0 Å². The van der Waals surface area contributed by atoms with Crippen LogP contribution in [0.1, 0.15) is 57.4 Å². The monoisotopic (exact) mass is 319 g/mol. The molecule has 116 valence electrons. The molecular weight excluding hydrogens is 302 g/mol. The zero-order valence-corrected chi connectivity index (χ0v) is 13.1. The molecule has 0 aliphatic carbocycles. The third kappa shape index (κ3) is 2.54. The summed E-state index contributed by atoms with van der Waals surface area (Å²) in [5.74, 6) is -0.811. The summed E-state index contributed by atoms with van der Waals surface area (Å²) in [6, 6.07) is 5.43. The van der Waals surface area contributed by atoms with Crippen molar-refractivity contribution in [1.29, 1.82) is 0 Å². The van der Waals surface area contributed by atoms with Gasteiger partial charge in [-0.15, -0.1) is 11.3 Å². The molecule has 2 aromatic heterocycles. The highest BCUT2D eigenvalue weighted by Gasteiger charge is 2.33. The first-order valence-corrected chi connectivity index (χ1v) is 8.20. The van der Waals surface area contributed by atoms with Gasteiger partial charge in [0, 0.05) is 23.9 Å². The highest BCUT2D eigenvalue weighted by atomic mass is 32.1. The predicted octanol–water partition coefficient (Wildman–Crippen LogP) is 3.58. The first-order valence-electron chi connectivity index (χ1n) is 7.32. The molecule has 0 saturated carbocycles. The molecule has 1 N–H and O–H groups in total. The summed E-state index contributed by atoms with van der Waals surface area (Å²) in [5.41, 5.74) is 0.0812. The van der Waals surface area contributed by atoms with Crippen molar-refractivity contribution in [3.63, 3.8) is 0 Å². The lowest BCUT2D eigenvalue weighted by molar-refractivity contribution is 0.0687. The number of furan rings is 1. The number of amides is 1. The number of carboxylic acid groups (broad SMARTS) is 1. The summed E-state index contributed by atoms with van der Waals surface area (Å²) in [7, 11) is 0. The smallest absolute Gasteiger partial charge is 0.339 e. The van der Waals surface area contributed by atoms with Crippen molar-refractivity contribution in [2.75, 3.05) is 6.54 Å². The van der Waals surface area contributed by atoms with Gasteiger partial charge in [0.2, 0.25) is 0 Å². The average molecular weight is 319 g/mol. The quantitative estimate of drug-likeness (QED) is 0.935. The van der Waals surface area contributed by atoms with Crippen molar-refractivity contribution in [2.24, 2.45) is 0 Å². The molecule has 3 heterocycles. The van der Waals surface area contributed by atoms with Gasteiger partial charge in [0.15, 0.2) is 5.76 Å². The number of hydrogen-bond donors (Lipinski definition) is 1. The second-order valence-electron chi connectivity index (χ2n) is 5.28. The van der Waals surface area contributed by atoms with Gasteiger partial charge in [0.05, 0.1) is 6.04 Å². The van der Waals surface area contributed by atoms with Gasteiger partial charge in [-0.2, -0.15) is 0 Å². The zero-order chi connectivity index (χ0) is 15.7. The molecule has 5 nitrogen and oxygen atoms in total. The molecule has 2 aromatic rings. The maximum atomic E-state index is 12.7. The van der Waals surface area contributed by atoms with E-state index in [1.165, 1.54) is 6.07 Å². The van der Waals surface area contributed by atoms with Crippen LogP contribution in [0.4, 0.5) is 0 Å². The van der Waals surface area contributed by atoms with E-state index >= 15 is 0 Å². The fourth-order valence-electron chi connectivity index (χ4n) is 2.91. The molecule has 0 bridgehead atoms. The van der Waals surface area contributed by atoms with Gasteiger partial charge in [-0.05, 0) is 24.3 Å². The second-order valence-corrected chi connectivity index (χ2v) is 6.26. The summed E-state index contributed by atoms with van der Waals surface area (Å²) in [4.78, 5) is 26.9. The molecule has 3 rings (SSSR count). The van der Waals surface area contributed by atoms with Gasteiger partial charge in [-0.25, -0.2) is 4.79 Å². The van der Waals surface area contributed by atoms with Crippen molar-refractivity contribution in [3.8, 4) is 0 Å². The van der Waals surface area contributed by atoms with E-state index in [0.29, 0.717) is 18.7 Å². The Labute approximate surface area is 132 Å². The summed E-state index contributed by atoms with van der Waals surface area (Å²) < 4.78 is 5.50. The number of rotatable bonds is 4. The number of nitrogens with zero attached hydrogens (tertiary/aromatic N) is 1. The van der Waals surface area contributed by atoms with E-state index in [1.54, 1.807) is 16.2 Å². The summed E-state index contributed by atoms with van der Waals surface area (Å²) in [6.45, 7) is 2.48. The van der Waals surface area contributed by atoms with Crippen LogP contribution in [0.25, 0.3) is 0 Å². The molecule has 1 atom stereocenters. The fraction of sp³-hybridized carbons (Fsp3) is 0.375. The first-order chi connectivity index (χ1) is 10.6. The minimum Gasteiger partial charge on any atom is -0.478 e. The number of aryl methyl sites for hydroxylation is 1. The Morgan fingerprint density at radius 3 is 2.91 bits per heavy atom. The standard InChI is InChI=1S/C16H17NO4S/c1-2-12-10(16(19)20)9-13(21-12)15(18)17-7-3-5-11(17)14-6-4-8-22-14/h4,6,8-9,11H,2-3,5,7H2,1H3,(H,19,20). The molecule has 0 spiro atoms. The van der Waals surface area contributed by atoms with Crippen LogP contribution in [0.15, 0.2) is 28.0 Å². The van der Waals surface area contributed by atoms with Crippen LogP contribution in [0.3, 0.4) is 0 Å². The number of carbonyl (C=O) groups excluding carboxylic acids is 1. The SMILES string of the molecule is CCc1oc(C(=O)N2CCCC2c2cccs2)cc1C(=O)O. The predicted molar refractivity (Wildman–Crippen MR) is 82.4 cm³/mol. The Hall–Kier alpha value is -2.08. The minimum atomic E-state index is -1.06. The number of carbonyl (C=O) groups is 2. The Morgan fingerprint density at radius 1 is 1.50 bits per heavy atom. The van der Waals surface area contributed by atoms with Crippen LogP contribution in [0, 0.1) is 0 Å². The lowest BCUT2D eigenvalue weighted by atomic mass is 10.1. The number of hydrogen-bond acceptors (Lipinski definition) is 4. The Morgan fingerprint density at radius 2 is 2.32 bits per heavy atom. The molecule has 1 amide bonds. The van der Waals surface area contributed by atoms with E-state index in [1.807, 2.05) is 24.4 Å². The fourth-order valence-corrected chi connectivity index (χ4v) is 3.78. The summed E-state index contributed by atoms with van der Waals surface area (Å²) >= 11 is 1.64. The Balaban J connectivity index is 1.89. The van der Waals surface area contributed by atoms with Crippen LogP contribution >= 0.6 is 11.3 Å². The molecule has 1 unspecified atom stereocenters. The van der Waals surface area contributed by atoms with Crippen molar-refractivity contribution < 1.29 is 19.1 Å². The zero-order valence-electron chi connectivity index (χ0n) is 12.2. The summed E-state index contributed by atoms with van der Waals surface area (Å²) in [5, 5.41) is 11.2. The molecule has 6 heteroatoms. The number of likely N-dealkylation sites (tertiary alicyclic amines) is 1. The van der Waals surface area contributed by atoms with Crippen LogP contribution in [-0.2, 0) is 6.42 Å². The average Bonchev–Trinajstić information content (AvgIpc) is 3.23. The third-order valence-corrected chi connectivity index (χ3v) is 4.93. The van der Waals surface area contributed by atoms with Crippen molar-refractivity contribution >= 4 is 23.2 Å². The maximum absolute atomic E-state index is 12.7. The van der Waals surface area contributed by atoms with Crippen molar-refractivity contribution in [1.82, 2.24) is 4.90 Å². The van der Waals surface area contributed by atoms with Crippen molar-refractivity contribution in [3.05, 3.63) is 45.5 Å². The minimum absolute atomic E-state index is 0.0657. The lowest BCUT2D eigenvalue weighted by Gasteiger charge is -2.22. The second kappa shape index (κ2) is 5.96.